The van der Waals surface area contributed by atoms with Crippen molar-refractivity contribution in [2.24, 2.45) is 11.8 Å². The lowest BCUT2D eigenvalue weighted by Gasteiger charge is -2.39. The number of carbonyl (C=O) groups excluding carboxylic acids is 3. The van der Waals surface area contributed by atoms with E-state index in [2.05, 4.69) is 10.6 Å². The van der Waals surface area contributed by atoms with E-state index in [1.165, 1.54) is 0 Å². The number of aliphatic hydroxyl groups excluding tert-OH is 1. The molecule has 0 radical (unpaired) electrons. The van der Waals surface area contributed by atoms with Crippen LogP contribution < -0.4 is 25.2 Å². The number of rotatable bonds is 10. The van der Waals surface area contributed by atoms with Gasteiger partial charge in [-0.05, 0) is 57.7 Å². The number of hydrogen-bond acceptors (Lipinski definition) is 7. The van der Waals surface area contributed by atoms with Crippen molar-refractivity contribution in [2.75, 3.05) is 56.3 Å². The number of methoxy groups -OCH3 is 1. The molecule has 10 nitrogen and oxygen atoms in total. The van der Waals surface area contributed by atoms with Crippen molar-refractivity contribution in [1.29, 1.82) is 0 Å². The van der Waals surface area contributed by atoms with Gasteiger partial charge in [-0.3, -0.25) is 14.4 Å². The third-order valence-electron chi connectivity index (χ3n) is 7.00. The Labute approximate surface area is 212 Å². The molecule has 198 valence electrons. The highest BCUT2D eigenvalue weighted by molar-refractivity contribution is 6.04. The second-order valence-electron chi connectivity index (χ2n) is 10.3. The number of nitrogens with zero attached hydrogens (tertiary/aromatic N) is 2. The molecule has 1 aromatic rings. The first-order valence-electron chi connectivity index (χ1n) is 12.8. The van der Waals surface area contributed by atoms with Crippen LogP contribution in [0.2, 0.25) is 0 Å². The third-order valence-corrected chi connectivity index (χ3v) is 7.00. The molecule has 1 aliphatic carbocycles. The van der Waals surface area contributed by atoms with Crippen molar-refractivity contribution in [1.82, 2.24) is 10.6 Å². The Hall–Kier alpha value is -2.69. The van der Waals surface area contributed by atoms with Crippen LogP contribution in [0.3, 0.4) is 0 Å². The Balaban J connectivity index is 1.57. The van der Waals surface area contributed by atoms with Gasteiger partial charge in [-0.25, -0.2) is 0 Å². The fourth-order valence-electron chi connectivity index (χ4n) is 5.00. The molecule has 0 bridgehead atoms. The van der Waals surface area contributed by atoms with Crippen molar-refractivity contribution in [3.8, 4) is 5.75 Å². The molecule has 2 heterocycles. The van der Waals surface area contributed by atoms with Crippen LogP contribution in [-0.2, 0) is 19.1 Å². The van der Waals surface area contributed by atoms with Gasteiger partial charge in [0.05, 0.1) is 24.1 Å². The zero-order valence-electron chi connectivity index (χ0n) is 21.4. The molecule has 1 saturated carbocycles. The second-order valence-corrected chi connectivity index (χ2v) is 10.3. The number of aliphatic hydroxyl groups is 1. The van der Waals surface area contributed by atoms with Crippen molar-refractivity contribution >= 4 is 29.1 Å². The van der Waals surface area contributed by atoms with Gasteiger partial charge in [0.25, 0.3) is 5.91 Å². The van der Waals surface area contributed by atoms with E-state index in [0.29, 0.717) is 50.5 Å². The first kappa shape index (κ1) is 26.4. The highest BCUT2D eigenvalue weighted by atomic mass is 16.5. The molecule has 3 aliphatic rings. The fourth-order valence-corrected chi connectivity index (χ4v) is 5.00. The number of amides is 3. The van der Waals surface area contributed by atoms with Gasteiger partial charge < -0.3 is 35.0 Å². The molecule has 0 aromatic heterocycles. The molecule has 2 fully saturated rings. The second kappa shape index (κ2) is 11.1. The Morgan fingerprint density at radius 3 is 2.72 bits per heavy atom. The standard InChI is InChI=1S/C26H38N4O6/c1-26(2)25(34)29(10-4-12-35-3)21-14-20(7-8-22(21)36-26)30(19-5-6-19)24(33)18-13-17(15-27-16-18)23(32)28-9-11-31/h7-8,14,17-19,27,31H,4-6,9-13,15-16H2,1-3H3,(H,28,32)/t17-,18?/m0/s1. The summed E-state index contributed by atoms with van der Waals surface area (Å²) in [6.07, 6.45) is 2.98. The molecule has 2 atom stereocenters. The summed E-state index contributed by atoms with van der Waals surface area (Å²) in [5.74, 6) is -0.336. The topological polar surface area (TPSA) is 120 Å². The Morgan fingerprint density at radius 2 is 2.03 bits per heavy atom. The van der Waals surface area contributed by atoms with Crippen LogP contribution in [-0.4, -0.2) is 81.0 Å². The number of benzene rings is 1. The van der Waals surface area contributed by atoms with Crippen LogP contribution in [0.1, 0.15) is 39.5 Å². The summed E-state index contributed by atoms with van der Waals surface area (Å²) in [5.41, 5.74) is 0.419. The van der Waals surface area contributed by atoms with E-state index >= 15 is 0 Å². The summed E-state index contributed by atoms with van der Waals surface area (Å²) in [5, 5.41) is 14.9. The molecule has 36 heavy (non-hydrogen) atoms. The zero-order chi connectivity index (χ0) is 25.9. The number of fused-ring (bicyclic) bond motifs is 1. The number of anilines is 2. The minimum absolute atomic E-state index is 0.0149. The number of carbonyl (C=O) groups is 3. The quantitative estimate of drug-likeness (QED) is 0.409. The summed E-state index contributed by atoms with van der Waals surface area (Å²) in [4.78, 5) is 43.0. The summed E-state index contributed by atoms with van der Waals surface area (Å²) < 4.78 is 11.2. The smallest absolute Gasteiger partial charge is 0.270 e. The van der Waals surface area contributed by atoms with E-state index < -0.39 is 5.60 Å². The first-order valence-corrected chi connectivity index (χ1v) is 12.8. The maximum atomic E-state index is 13.8. The lowest BCUT2D eigenvalue weighted by molar-refractivity contribution is -0.132. The fraction of sp³-hybridized carbons (Fsp3) is 0.654. The average Bonchev–Trinajstić information content (AvgIpc) is 3.70. The molecule has 1 aromatic carbocycles. The Bertz CT molecular complexity index is 979. The van der Waals surface area contributed by atoms with Gasteiger partial charge in [0.1, 0.15) is 5.75 Å². The van der Waals surface area contributed by atoms with Crippen molar-refractivity contribution < 1.29 is 29.0 Å². The Kier molecular flexibility index (Phi) is 8.17. The van der Waals surface area contributed by atoms with Crippen LogP contribution in [0.4, 0.5) is 11.4 Å². The van der Waals surface area contributed by atoms with Gasteiger partial charge in [-0.15, -0.1) is 0 Å². The zero-order valence-corrected chi connectivity index (χ0v) is 21.4. The van der Waals surface area contributed by atoms with Gasteiger partial charge in [0.15, 0.2) is 5.60 Å². The summed E-state index contributed by atoms with van der Waals surface area (Å²) in [6.45, 7) is 5.66. The third kappa shape index (κ3) is 5.66. The summed E-state index contributed by atoms with van der Waals surface area (Å²) in [7, 11) is 1.64. The molecule has 3 N–H and O–H groups in total. The van der Waals surface area contributed by atoms with E-state index in [1.807, 2.05) is 23.1 Å². The van der Waals surface area contributed by atoms with Crippen molar-refractivity contribution in [3.63, 3.8) is 0 Å². The lowest BCUT2D eigenvalue weighted by Crippen LogP contribution is -2.53. The van der Waals surface area contributed by atoms with Crippen LogP contribution in [0.5, 0.6) is 5.75 Å². The molecule has 1 saturated heterocycles. The van der Waals surface area contributed by atoms with E-state index in [9.17, 15) is 14.4 Å². The summed E-state index contributed by atoms with van der Waals surface area (Å²) >= 11 is 0. The molecule has 10 heteroatoms. The van der Waals surface area contributed by atoms with Gasteiger partial charge >= 0.3 is 0 Å². The van der Waals surface area contributed by atoms with Gasteiger partial charge in [0, 0.05) is 51.6 Å². The number of hydrogen-bond donors (Lipinski definition) is 3. The van der Waals surface area contributed by atoms with Crippen molar-refractivity contribution in [3.05, 3.63) is 18.2 Å². The van der Waals surface area contributed by atoms with Crippen LogP contribution in [0.25, 0.3) is 0 Å². The summed E-state index contributed by atoms with van der Waals surface area (Å²) in [6, 6.07) is 5.72. The molecule has 1 unspecified atom stereocenters. The predicted octanol–water partition coefficient (Wildman–Crippen LogP) is 1.06. The van der Waals surface area contributed by atoms with Crippen LogP contribution in [0.15, 0.2) is 18.2 Å². The van der Waals surface area contributed by atoms with E-state index in [1.54, 1.807) is 25.9 Å². The van der Waals surface area contributed by atoms with Gasteiger partial charge in [0.2, 0.25) is 11.8 Å². The highest BCUT2D eigenvalue weighted by Gasteiger charge is 2.43. The predicted molar refractivity (Wildman–Crippen MR) is 135 cm³/mol. The average molecular weight is 503 g/mol. The minimum Gasteiger partial charge on any atom is -0.476 e. The molecular weight excluding hydrogens is 464 g/mol. The van der Waals surface area contributed by atoms with Gasteiger partial charge in [-0.1, -0.05) is 0 Å². The highest BCUT2D eigenvalue weighted by Crippen LogP contribution is 2.43. The number of ether oxygens (including phenoxy) is 2. The monoisotopic (exact) mass is 502 g/mol. The van der Waals surface area contributed by atoms with Crippen molar-refractivity contribution in [2.45, 2.75) is 51.2 Å². The lowest BCUT2D eigenvalue weighted by atomic mass is 9.88. The van der Waals surface area contributed by atoms with E-state index in [-0.39, 0.29) is 48.8 Å². The number of nitrogens with one attached hydrogen (secondary N) is 2. The first-order chi connectivity index (χ1) is 17.3. The molecular formula is C26H38N4O6. The van der Waals surface area contributed by atoms with Crippen LogP contribution in [0, 0.1) is 11.8 Å². The van der Waals surface area contributed by atoms with Gasteiger partial charge in [-0.2, -0.15) is 0 Å². The van der Waals surface area contributed by atoms with E-state index in [4.69, 9.17) is 14.6 Å². The van der Waals surface area contributed by atoms with Crippen LogP contribution >= 0.6 is 0 Å². The SMILES string of the molecule is COCCCN1C(=O)C(C)(C)Oc2ccc(N(C(=O)C3CNC[C@@H](C(=O)NCCO)C3)C3CC3)cc21. The molecule has 3 amide bonds. The molecule has 0 spiro atoms. The molecule has 4 rings (SSSR count). The normalized spacial score (nSPS) is 23.0. The maximum Gasteiger partial charge on any atom is 0.270 e. The molecule has 2 aliphatic heterocycles. The van der Waals surface area contributed by atoms with E-state index in [0.717, 1.165) is 18.5 Å². The maximum absolute atomic E-state index is 13.8. The largest absolute Gasteiger partial charge is 0.476 e. The number of piperidine rings is 1. The Morgan fingerprint density at radius 1 is 1.28 bits per heavy atom. The minimum atomic E-state index is -0.979.